The lowest BCUT2D eigenvalue weighted by atomic mass is 10.5. The molecular formula is C7H15O7P. The lowest BCUT2D eigenvalue weighted by Gasteiger charge is -2.01. The molecule has 0 radical (unpaired) electrons. The molecule has 0 aliphatic carbocycles. The summed E-state index contributed by atoms with van der Waals surface area (Å²) in [5, 5.41) is 8.41. The highest BCUT2D eigenvalue weighted by molar-refractivity contribution is 7.47. The average Bonchev–Trinajstić information content (AvgIpc) is 2.18. The molecule has 7 nitrogen and oxygen atoms in total. The lowest BCUT2D eigenvalue weighted by molar-refractivity contribution is -0.135. The molecule has 0 heterocycles. The summed E-state index contributed by atoms with van der Waals surface area (Å²) >= 11 is 0. The third-order valence-electron chi connectivity index (χ3n) is 0.989. The monoisotopic (exact) mass is 242 g/mol. The van der Waals surface area contributed by atoms with E-state index in [0.717, 1.165) is 20.3 Å². The van der Waals surface area contributed by atoms with Crippen LogP contribution in [0.25, 0.3) is 0 Å². The van der Waals surface area contributed by atoms with E-state index in [1.165, 1.54) is 14.0 Å². The lowest BCUT2D eigenvalue weighted by Crippen LogP contribution is -1.94. The highest BCUT2D eigenvalue weighted by Gasteiger charge is 2.13. The molecule has 0 saturated heterocycles. The molecule has 2 N–H and O–H groups in total. The highest BCUT2D eigenvalue weighted by atomic mass is 31.2. The van der Waals surface area contributed by atoms with Gasteiger partial charge in [0.05, 0.1) is 18.9 Å². The third kappa shape index (κ3) is 13.1. The van der Waals surface area contributed by atoms with Crippen molar-refractivity contribution in [1.29, 1.82) is 0 Å². The SMILES string of the molecule is COC(=O)/C=C(/C)O.COP(=O)(O)OC. The zero-order valence-electron chi connectivity index (χ0n) is 8.96. The molecule has 0 aliphatic heterocycles. The Hall–Kier alpha value is -0.880. The average molecular weight is 242 g/mol. The number of hydrogen-bond acceptors (Lipinski definition) is 6. The second-order valence-corrected chi connectivity index (χ2v) is 3.81. The Balaban J connectivity index is 0. The molecule has 0 aliphatic rings. The van der Waals surface area contributed by atoms with Crippen LogP contribution in [0.3, 0.4) is 0 Å². The van der Waals surface area contributed by atoms with Crippen LogP contribution in [0.15, 0.2) is 11.8 Å². The second kappa shape index (κ2) is 8.43. The minimum Gasteiger partial charge on any atom is -0.512 e. The Kier molecular flexibility index (Phi) is 9.30. The van der Waals surface area contributed by atoms with Crippen molar-refractivity contribution >= 4 is 13.8 Å². The molecule has 0 aromatic heterocycles. The van der Waals surface area contributed by atoms with Crippen LogP contribution in [0.5, 0.6) is 0 Å². The van der Waals surface area contributed by atoms with Crippen LogP contribution in [0, 0.1) is 0 Å². The number of esters is 1. The topological polar surface area (TPSA) is 102 Å². The maximum atomic E-state index is 10.2. The van der Waals surface area contributed by atoms with E-state index in [1.54, 1.807) is 0 Å². The van der Waals surface area contributed by atoms with Gasteiger partial charge in [-0.15, -0.1) is 0 Å². The van der Waals surface area contributed by atoms with Crippen molar-refractivity contribution < 1.29 is 33.1 Å². The number of phosphoric acid groups is 1. The summed E-state index contributed by atoms with van der Waals surface area (Å²) in [6, 6.07) is 0. The van der Waals surface area contributed by atoms with Gasteiger partial charge in [0.2, 0.25) is 0 Å². The van der Waals surface area contributed by atoms with Crippen molar-refractivity contribution in [2.45, 2.75) is 6.92 Å². The number of aliphatic hydroxyl groups is 1. The van der Waals surface area contributed by atoms with Crippen LogP contribution in [0.2, 0.25) is 0 Å². The molecule has 0 aromatic carbocycles. The van der Waals surface area contributed by atoms with Gasteiger partial charge >= 0.3 is 13.8 Å². The maximum absolute atomic E-state index is 10.2. The normalized spacial score (nSPS) is 11.4. The van der Waals surface area contributed by atoms with E-state index in [2.05, 4.69) is 13.8 Å². The molecule has 15 heavy (non-hydrogen) atoms. The minimum atomic E-state index is -3.65. The zero-order chi connectivity index (χ0) is 12.5. The first-order chi connectivity index (χ1) is 6.79. The van der Waals surface area contributed by atoms with Crippen LogP contribution in [0.4, 0.5) is 0 Å². The molecular weight excluding hydrogens is 227 g/mol. The molecule has 0 atom stereocenters. The molecule has 8 heteroatoms. The van der Waals surface area contributed by atoms with Crippen LogP contribution in [0.1, 0.15) is 6.92 Å². The predicted octanol–water partition coefficient (Wildman–Crippen LogP) is 1.00. The molecule has 0 spiro atoms. The van der Waals surface area contributed by atoms with E-state index in [9.17, 15) is 9.36 Å². The van der Waals surface area contributed by atoms with Gasteiger partial charge in [0.1, 0.15) is 0 Å². The largest absolute Gasteiger partial charge is 0.512 e. The van der Waals surface area contributed by atoms with Crippen molar-refractivity contribution in [2.75, 3.05) is 21.3 Å². The number of rotatable bonds is 3. The Bertz CT molecular complexity index is 248. The van der Waals surface area contributed by atoms with E-state index in [4.69, 9.17) is 10.00 Å². The van der Waals surface area contributed by atoms with Gasteiger partial charge in [-0.05, 0) is 6.92 Å². The number of methoxy groups -OCH3 is 1. The molecule has 0 saturated carbocycles. The van der Waals surface area contributed by atoms with Gasteiger partial charge in [-0.1, -0.05) is 0 Å². The predicted molar refractivity (Wildman–Crippen MR) is 52.2 cm³/mol. The summed E-state index contributed by atoms with van der Waals surface area (Å²) in [6.45, 7) is 1.40. The smallest absolute Gasteiger partial charge is 0.471 e. The third-order valence-corrected chi connectivity index (χ3v) is 1.91. The molecule has 0 fully saturated rings. The quantitative estimate of drug-likeness (QED) is 0.329. The Morgan fingerprint density at radius 1 is 1.27 bits per heavy atom. The Labute approximate surface area is 87.9 Å². The van der Waals surface area contributed by atoms with Crippen molar-refractivity contribution in [3.05, 3.63) is 11.8 Å². The van der Waals surface area contributed by atoms with Crippen LogP contribution >= 0.6 is 7.82 Å². The highest BCUT2D eigenvalue weighted by Crippen LogP contribution is 2.40. The number of carbonyl (C=O) groups is 1. The van der Waals surface area contributed by atoms with E-state index in [0.29, 0.717) is 0 Å². The minimum absolute atomic E-state index is 0.0446. The van der Waals surface area contributed by atoms with Crippen molar-refractivity contribution in [1.82, 2.24) is 0 Å². The van der Waals surface area contributed by atoms with Gasteiger partial charge in [-0.2, -0.15) is 0 Å². The van der Waals surface area contributed by atoms with Crippen molar-refractivity contribution in [3.63, 3.8) is 0 Å². The summed E-state index contributed by atoms with van der Waals surface area (Å²) in [5.41, 5.74) is 0. The molecule has 90 valence electrons. The molecule has 0 amide bonds. The number of ether oxygens (including phenoxy) is 1. The Morgan fingerprint density at radius 2 is 1.67 bits per heavy atom. The fourth-order valence-corrected chi connectivity index (χ4v) is 0.453. The molecule has 0 unspecified atom stereocenters. The van der Waals surface area contributed by atoms with Crippen LogP contribution in [-0.2, 0) is 23.1 Å². The zero-order valence-corrected chi connectivity index (χ0v) is 9.85. The standard InChI is InChI=1S/C5H8O3.C2H7O4P/c1-4(6)3-5(7)8-2;1-5-7(3,4)6-2/h3,6H,1-2H3;1-2H3,(H,3,4)/b4-3-;. The van der Waals surface area contributed by atoms with Gasteiger partial charge in [-0.25, -0.2) is 9.36 Å². The Morgan fingerprint density at radius 3 is 1.73 bits per heavy atom. The first-order valence-electron chi connectivity index (χ1n) is 3.68. The van der Waals surface area contributed by atoms with Crippen LogP contribution < -0.4 is 0 Å². The summed E-state index contributed by atoms with van der Waals surface area (Å²) in [6.07, 6.45) is 1.00. The van der Waals surface area contributed by atoms with Crippen molar-refractivity contribution in [3.8, 4) is 0 Å². The number of aliphatic hydroxyl groups excluding tert-OH is 1. The molecule has 0 aromatic rings. The van der Waals surface area contributed by atoms with E-state index < -0.39 is 13.8 Å². The summed E-state index contributed by atoms with van der Waals surface area (Å²) < 4.78 is 22.2. The number of phosphoric ester groups is 1. The first kappa shape index (κ1) is 16.5. The first-order valence-corrected chi connectivity index (χ1v) is 5.18. The summed E-state index contributed by atoms with van der Waals surface area (Å²) in [7, 11) is -0.200. The van der Waals surface area contributed by atoms with Gasteiger partial charge in [0.25, 0.3) is 0 Å². The fraction of sp³-hybridized carbons (Fsp3) is 0.571. The maximum Gasteiger partial charge on any atom is 0.471 e. The fourth-order valence-electron chi connectivity index (χ4n) is 0.304. The second-order valence-electron chi connectivity index (χ2n) is 2.14. The van der Waals surface area contributed by atoms with E-state index in [1.807, 2.05) is 0 Å². The van der Waals surface area contributed by atoms with E-state index in [-0.39, 0.29) is 5.76 Å². The molecule has 0 bridgehead atoms. The van der Waals surface area contributed by atoms with Crippen LogP contribution in [-0.4, -0.2) is 37.3 Å². The number of carbonyl (C=O) groups excluding carboxylic acids is 1. The molecule has 0 rings (SSSR count). The van der Waals surface area contributed by atoms with Crippen molar-refractivity contribution in [2.24, 2.45) is 0 Å². The van der Waals surface area contributed by atoms with Gasteiger partial charge in [0.15, 0.2) is 0 Å². The van der Waals surface area contributed by atoms with Gasteiger partial charge in [-0.3, -0.25) is 9.05 Å². The van der Waals surface area contributed by atoms with E-state index >= 15 is 0 Å². The number of allylic oxidation sites excluding steroid dienone is 1. The van der Waals surface area contributed by atoms with Gasteiger partial charge in [0, 0.05) is 14.2 Å². The van der Waals surface area contributed by atoms with Gasteiger partial charge < -0.3 is 14.7 Å². The summed E-state index contributed by atoms with van der Waals surface area (Å²) in [5.74, 6) is -0.582. The number of hydrogen-bond donors (Lipinski definition) is 2. The summed E-state index contributed by atoms with van der Waals surface area (Å²) in [4.78, 5) is 18.4.